The monoisotopic (exact) mass is 310 g/mol. The molecule has 0 radical (unpaired) electrons. The molecule has 2 heterocycles. The Hall–Kier alpha value is -1.33. The van der Waals surface area contributed by atoms with E-state index < -0.39 is 0 Å². The average molecular weight is 311 g/mol. The number of hydrogen-bond donors (Lipinski definition) is 2. The zero-order valence-corrected chi connectivity index (χ0v) is 13.3. The molecule has 4 nitrogen and oxygen atoms in total. The van der Waals surface area contributed by atoms with E-state index >= 15 is 0 Å². The molecule has 2 rings (SSSR count). The van der Waals surface area contributed by atoms with Gasteiger partial charge in [-0.25, -0.2) is 9.97 Å². The summed E-state index contributed by atoms with van der Waals surface area (Å²) in [5.41, 5.74) is 1.15. The van der Waals surface area contributed by atoms with E-state index in [9.17, 15) is 0 Å². The van der Waals surface area contributed by atoms with E-state index in [1.807, 2.05) is 13.1 Å². The number of rotatable bonds is 7. The summed E-state index contributed by atoms with van der Waals surface area (Å²) in [5.74, 6) is 1.83. The highest BCUT2D eigenvalue weighted by Crippen LogP contribution is 2.23. The predicted molar refractivity (Wildman–Crippen MR) is 87.1 cm³/mol. The van der Waals surface area contributed by atoms with Gasteiger partial charge in [0.2, 0.25) is 0 Å². The molecule has 108 valence electrons. The Morgan fingerprint density at radius 3 is 2.65 bits per heavy atom. The van der Waals surface area contributed by atoms with E-state index in [1.54, 1.807) is 17.7 Å². The van der Waals surface area contributed by atoms with Gasteiger partial charge in [0.15, 0.2) is 0 Å². The Labute approximate surface area is 128 Å². The molecule has 0 aromatic carbocycles. The summed E-state index contributed by atoms with van der Waals surface area (Å²) in [6.07, 6.45) is 4.57. The minimum atomic E-state index is 0.839. The maximum atomic E-state index is 5.93. The van der Waals surface area contributed by atoms with Gasteiger partial charge < -0.3 is 10.6 Å². The Morgan fingerprint density at radius 1 is 1.20 bits per heavy atom. The lowest BCUT2D eigenvalue weighted by Crippen LogP contribution is -2.10. The highest BCUT2D eigenvalue weighted by atomic mass is 35.5. The highest BCUT2D eigenvalue weighted by Gasteiger charge is 2.09. The molecule has 0 aliphatic rings. The first-order valence-electron chi connectivity index (χ1n) is 6.74. The number of thiophene rings is 1. The number of halogens is 1. The lowest BCUT2D eigenvalue weighted by atomic mass is 10.1. The fourth-order valence-electron chi connectivity index (χ4n) is 2.06. The van der Waals surface area contributed by atoms with Crippen molar-refractivity contribution in [3.8, 4) is 0 Å². The minimum Gasteiger partial charge on any atom is -0.373 e. The van der Waals surface area contributed by atoms with Gasteiger partial charge in [0.25, 0.3) is 0 Å². The summed E-state index contributed by atoms with van der Waals surface area (Å²) < 4.78 is 0.839. The van der Waals surface area contributed by atoms with E-state index in [0.29, 0.717) is 0 Å². The third-order valence-corrected chi connectivity index (χ3v) is 4.27. The van der Waals surface area contributed by atoms with Crippen molar-refractivity contribution in [2.45, 2.75) is 26.2 Å². The van der Waals surface area contributed by atoms with E-state index in [4.69, 9.17) is 11.6 Å². The standard InChI is InChI=1S/C14H19ClN4S/c1-3-4-11-13(16-2)18-9-19-14(11)17-8-7-10-5-6-12(15)20-10/h5-6,9H,3-4,7-8H2,1-2H3,(H2,16,17,18,19). The molecule has 0 saturated carbocycles. The Bertz CT molecular complexity index is 556. The Morgan fingerprint density at radius 2 is 2.00 bits per heavy atom. The third-order valence-electron chi connectivity index (χ3n) is 2.97. The van der Waals surface area contributed by atoms with Crippen LogP contribution in [-0.2, 0) is 12.8 Å². The smallest absolute Gasteiger partial charge is 0.134 e. The molecule has 6 heteroatoms. The number of anilines is 2. The maximum absolute atomic E-state index is 5.93. The van der Waals surface area contributed by atoms with Crippen LogP contribution in [0.5, 0.6) is 0 Å². The number of nitrogens with zero attached hydrogens (tertiary/aromatic N) is 2. The summed E-state index contributed by atoms with van der Waals surface area (Å²) in [4.78, 5) is 9.91. The minimum absolute atomic E-state index is 0.839. The molecule has 0 spiro atoms. The lowest BCUT2D eigenvalue weighted by Gasteiger charge is -2.13. The maximum Gasteiger partial charge on any atom is 0.134 e. The van der Waals surface area contributed by atoms with Gasteiger partial charge >= 0.3 is 0 Å². The lowest BCUT2D eigenvalue weighted by molar-refractivity contribution is 0.896. The van der Waals surface area contributed by atoms with Crippen LogP contribution in [0, 0.1) is 0 Å². The molecule has 0 saturated heterocycles. The second-order valence-corrected chi connectivity index (χ2v) is 6.23. The summed E-state index contributed by atoms with van der Waals surface area (Å²) in [5, 5.41) is 6.53. The van der Waals surface area contributed by atoms with Crippen LogP contribution in [0.15, 0.2) is 18.5 Å². The van der Waals surface area contributed by atoms with E-state index in [2.05, 4.69) is 33.6 Å². The molecule has 2 aromatic heterocycles. The fourth-order valence-corrected chi connectivity index (χ4v) is 3.14. The average Bonchev–Trinajstić information content (AvgIpc) is 2.86. The van der Waals surface area contributed by atoms with Crippen LogP contribution < -0.4 is 10.6 Å². The van der Waals surface area contributed by atoms with Gasteiger partial charge in [0.05, 0.1) is 4.34 Å². The van der Waals surface area contributed by atoms with E-state index in [0.717, 1.165) is 47.3 Å². The molecule has 0 aliphatic carbocycles. The zero-order chi connectivity index (χ0) is 14.4. The van der Waals surface area contributed by atoms with Crippen LogP contribution in [0.2, 0.25) is 4.34 Å². The molecule has 0 atom stereocenters. The van der Waals surface area contributed by atoms with Gasteiger partial charge in [-0.1, -0.05) is 24.9 Å². The molecule has 0 aliphatic heterocycles. The van der Waals surface area contributed by atoms with Gasteiger partial charge in [-0.05, 0) is 25.0 Å². The second kappa shape index (κ2) is 7.45. The largest absolute Gasteiger partial charge is 0.373 e. The van der Waals surface area contributed by atoms with Gasteiger partial charge in [0.1, 0.15) is 18.0 Å². The van der Waals surface area contributed by atoms with Gasteiger partial charge in [-0.15, -0.1) is 11.3 Å². The quantitative estimate of drug-likeness (QED) is 0.816. The highest BCUT2D eigenvalue weighted by molar-refractivity contribution is 7.16. The van der Waals surface area contributed by atoms with Crippen LogP contribution >= 0.6 is 22.9 Å². The zero-order valence-electron chi connectivity index (χ0n) is 11.7. The summed E-state index contributed by atoms with van der Waals surface area (Å²) in [6.45, 7) is 3.00. The van der Waals surface area contributed by atoms with Crippen molar-refractivity contribution in [1.29, 1.82) is 0 Å². The molecule has 0 unspecified atom stereocenters. The van der Waals surface area contributed by atoms with Crippen LogP contribution in [0.25, 0.3) is 0 Å². The van der Waals surface area contributed by atoms with Crippen molar-refractivity contribution >= 4 is 34.6 Å². The van der Waals surface area contributed by atoms with Crippen LogP contribution in [0.1, 0.15) is 23.8 Å². The third kappa shape index (κ3) is 3.84. The first-order chi connectivity index (χ1) is 9.74. The molecular weight excluding hydrogens is 292 g/mol. The summed E-state index contributed by atoms with van der Waals surface area (Å²) in [6, 6.07) is 4.01. The Balaban J connectivity index is 2.01. The van der Waals surface area contributed by atoms with Crippen molar-refractivity contribution in [2.75, 3.05) is 24.2 Å². The van der Waals surface area contributed by atoms with Crippen LogP contribution in [0.4, 0.5) is 11.6 Å². The number of nitrogens with one attached hydrogen (secondary N) is 2. The first kappa shape index (κ1) is 15.1. The van der Waals surface area contributed by atoms with Gasteiger partial charge in [-0.2, -0.15) is 0 Å². The summed E-state index contributed by atoms with van der Waals surface area (Å²) >= 11 is 7.56. The van der Waals surface area contributed by atoms with Crippen molar-refractivity contribution in [1.82, 2.24) is 9.97 Å². The SMILES string of the molecule is CCCc1c(NC)ncnc1NCCc1ccc(Cl)s1. The van der Waals surface area contributed by atoms with Crippen molar-refractivity contribution in [3.63, 3.8) is 0 Å². The van der Waals surface area contributed by atoms with Gasteiger partial charge in [-0.3, -0.25) is 0 Å². The molecule has 20 heavy (non-hydrogen) atoms. The van der Waals surface area contributed by atoms with Crippen molar-refractivity contribution in [2.24, 2.45) is 0 Å². The van der Waals surface area contributed by atoms with Crippen molar-refractivity contribution in [3.05, 3.63) is 33.2 Å². The predicted octanol–water partition coefficient (Wildman–Crippen LogP) is 3.84. The second-order valence-electron chi connectivity index (χ2n) is 4.43. The molecule has 2 N–H and O–H groups in total. The van der Waals surface area contributed by atoms with Crippen LogP contribution in [0.3, 0.4) is 0 Å². The van der Waals surface area contributed by atoms with E-state index in [1.165, 1.54) is 4.88 Å². The first-order valence-corrected chi connectivity index (χ1v) is 7.93. The molecule has 0 amide bonds. The van der Waals surface area contributed by atoms with Crippen molar-refractivity contribution < 1.29 is 0 Å². The molecular formula is C14H19ClN4S. The van der Waals surface area contributed by atoms with Gasteiger partial charge in [0, 0.05) is 24.0 Å². The fraction of sp³-hybridized carbons (Fsp3) is 0.429. The summed E-state index contributed by atoms with van der Waals surface area (Å²) in [7, 11) is 1.89. The normalized spacial score (nSPS) is 10.6. The topological polar surface area (TPSA) is 49.8 Å². The Kier molecular flexibility index (Phi) is 5.61. The number of hydrogen-bond acceptors (Lipinski definition) is 5. The molecule has 0 bridgehead atoms. The van der Waals surface area contributed by atoms with Crippen LogP contribution in [-0.4, -0.2) is 23.6 Å². The number of aromatic nitrogens is 2. The van der Waals surface area contributed by atoms with E-state index in [-0.39, 0.29) is 0 Å². The molecule has 0 fully saturated rings. The molecule has 2 aromatic rings.